The van der Waals surface area contributed by atoms with Crippen molar-refractivity contribution in [2.24, 2.45) is 5.92 Å². The van der Waals surface area contributed by atoms with Gasteiger partial charge in [0.1, 0.15) is 10.9 Å². The molecule has 0 aliphatic carbocycles. The summed E-state index contributed by atoms with van der Waals surface area (Å²) < 4.78 is 9.01. The molecular weight excluding hydrogens is 264 g/mol. The molecule has 0 bridgehead atoms. The Morgan fingerprint density at radius 2 is 1.87 bits per heavy atom. The van der Waals surface area contributed by atoms with Crippen LogP contribution in [-0.4, -0.2) is 29.5 Å². The fourth-order valence-corrected chi connectivity index (χ4v) is 0.839. The summed E-state index contributed by atoms with van der Waals surface area (Å²) >= 11 is 3.17. The predicted octanol–water partition coefficient (Wildman–Crippen LogP) is 1.90. The van der Waals surface area contributed by atoms with E-state index in [0.29, 0.717) is 6.61 Å². The summed E-state index contributed by atoms with van der Waals surface area (Å²) in [5.41, 5.74) is 0. The number of rotatable bonds is 5. The van der Waals surface area contributed by atoms with Crippen LogP contribution in [-0.2, 0) is 19.1 Å². The number of hydrogen-bond acceptors (Lipinski definition) is 4. The zero-order valence-electron chi connectivity index (χ0n) is 9.50. The molecule has 0 aromatic rings. The smallest absolute Gasteiger partial charge is 0.322 e. The monoisotopic (exact) mass is 280 g/mol. The minimum Gasteiger partial charge on any atom is -0.466 e. The molecule has 0 heterocycles. The molecule has 4 nitrogen and oxygen atoms in total. The number of carbonyl (C=O) groups excluding carboxylic acids is 2. The van der Waals surface area contributed by atoms with E-state index in [4.69, 9.17) is 9.47 Å². The Kier molecular flexibility index (Phi) is 5.87. The molecule has 1 unspecified atom stereocenters. The summed E-state index contributed by atoms with van der Waals surface area (Å²) in [5, 5.41) is 0. The van der Waals surface area contributed by atoms with Gasteiger partial charge in [0.05, 0.1) is 12.5 Å². The van der Waals surface area contributed by atoms with Crippen molar-refractivity contribution in [1.82, 2.24) is 0 Å². The molecule has 88 valence electrons. The fourth-order valence-electron chi connectivity index (χ4n) is 0.725. The molecule has 0 radical (unpaired) electrons. The van der Waals surface area contributed by atoms with Gasteiger partial charge in [-0.05, 0) is 27.7 Å². The lowest BCUT2D eigenvalue weighted by atomic mass is 10.2. The first-order valence-electron chi connectivity index (χ1n) is 4.81. The van der Waals surface area contributed by atoms with Gasteiger partial charge in [-0.3, -0.25) is 9.59 Å². The van der Waals surface area contributed by atoms with Crippen LogP contribution in [0.5, 0.6) is 0 Å². The molecule has 0 fully saturated rings. The van der Waals surface area contributed by atoms with Gasteiger partial charge < -0.3 is 9.47 Å². The van der Waals surface area contributed by atoms with Crippen LogP contribution in [0.2, 0.25) is 0 Å². The van der Waals surface area contributed by atoms with Crippen molar-refractivity contribution in [3.8, 4) is 0 Å². The van der Waals surface area contributed by atoms with E-state index in [9.17, 15) is 9.59 Å². The minimum absolute atomic E-state index is 0.0483. The van der Waals surface area contributed by atoms with E-state index in [2.05, 4.69) is 15.9 Å². The topological polar surface area (TPSA) is 52.6 Å². The summed E-state index contributed by atoms with van der Waals surface area (Å²) in [5.74, 6) is -1.17. The van der Waals surface area contributed by atoms with Crippen LogP contribution < -0.4 is 0 Å². The van der Waals surface area contributed by atoms with Gasteiger partial charge >= 0.3 is 11.9 Å². The lowest BCUT2D eigenvalue weighted by Crippen LogP contribution is -2.30. The predicted molar refractivity (Wildman–Crippen MR) is 59.8 cm³/mol. The molecule has 0 N–H and O–H groups in total. The second kappa shape index (κ2) is 6.10. The summed E-state index contributed by atoms with van der Waals surface area (Å²) in [6.07, 6.45) is 0. The molecular formula is C10H17BrO4. The number of carbonyl (C=O) groups is 2. The third kappa shape index (κ3) is 5.77. The normalized spacial score (nSPS) is 13.1. The van der Waals surface area contributed by atoms with E-state index >= 15 is 0 Å². The van der Waals surface area contributed by atoms with Crippen LogP contribution in [0.25, 0.3) is 0 Å². The Labute approximate surface area is 98.4 Å². The second-order valence-electron chi connectivity index (χ2n) is 3.72. The lowest BCUT2D eigenvalue weighted by Gasteiger charge is -2.16. The standard InChI is InChI=1S/C10H17BrO4/c1-5-14-8(12)7(2)6-15-9(13)10(3,4)11/h7H,5-6H2,1-4H3. The number of hydrogen-bond donors (Lipinski definition) is 0. The van der Waals surface area contributed by atoms with Crippen molar-refractivity contribution in [2.75, 3.05) is 13.2 Å². The largest absolute Gasteiger partial charge is 0.466 e. The van der Waals surface area contributed by atoms with Crippen molar-refractivity contribution < 1.29 is 19.1 Å². The number of alkyl halides is 1. The number of ether oxygens (including phenoxy) is 2. The van der Waals surface area contributed by atoms with Gasteiger partial charge in [-0.1, -0.05) is 15.9 Å². The highest BCUT2D eigenvalue weighted by atomic mass is 79.9. The average molecular weight is 281 g/mol. The van der Waals surface area contributed by atoms with Gasteiger partial charge in [-0.25, -0.2) is 0 Å². The molecule has 5 heteroatoms. The first-order chi connectivity index (χ1) is 6.79. The Bertz CT molecular complexity index is 232. The van der Waals surface area contributed by atoms with Crippen LogP contribution in [0, 0.1) is 5.92 Å². The fraction of sp³-hybridized carbons (Fsp3) is 0.800. The van der Waals surface area contributed by atoms with Crippen molar-refractivity contribution in [3.63, 3.8) is 0 Å². The zero-order chi connectivity index (χ0) is 12.1. The zero-order valence-corrected chi connectivity index (χ0v) is 11.1. The van der Waals surface area contributed by atoms with Crippen LogP contribution >= 0.6 is 15.9 Å². The molecule has 1 atom stereocenters. The van der Waals surface area contributed by atoms with E-state index < -0.39 is 16.2 Å². The van der Waals surface area contributed by atoms with Gasteiger partial charge in [0.25, 0.3) is 0 Å². The van der Waals surface area contributed by atoms with Crippen molar-refractivity contribution in [2.45, 2.75) is 32.0 Å². The van der Waals surface area contributed by atoms with Crippen molar-refractivity contribution in [3.05, 3.63) is 0 Å². The highest BCUT2D eigenvalue weighted by molar-refractivity contribution is 9.10. The maximum atomic E-state index is 11.3. The lowest BCUT2D eigenvalue weighted by molar-refractivity contribution is -0.154. The second-order valence-corrected chi connectivity index (χ2v) is 5.71. The number of esters is 2. The van der Waals surface area contributed by atoms with E-state index in [1.807, 2.05) is 0 Å². The Balaban J connectivity index is 3.96. The van der Waals surface area contributed by atoms with Crippen LogP contribution in [0.3, 0.4) is 0 Å². The SMILES string of the molecule is CCOC(=O)C(C)COC(=O)C(C)(C)Br. The molecule has 0 aliphatic rings. The highest BCUT2D eigenvalue weighted by Crippen LogP contribution is 2.18. The van der Waals surface area contributed by atoms with Crippen LogP contribution in [0.15, 0.2) is 0 Å². The van der Waals surface area contributed by atoms with E-state index in [1.54, 1.807) is 27.7 Å². The van der Waals surface area contributed by atoms with Crippen molar-refractivity contribution in [1.29, 1.82) is 0 Å². The molecule has 0 saturated heterocycles. The molecule has 0 aliphatic heterocycles. The van der Waals surface area contributed by atoms with Gasteiger partial charge in [-0.15, -0.1) is 0 Å². The molecule has 0 aromatic carbocycles. The van der Waals surface area contributed by atoms with Crippen LogP contribution in [0.1, 0.15) is 27.7 Å². The summed E-state index contributed by atoms with van der Waals surface area (Å²) in [7, 11) is 0. The molecule has 0 amide bonds. The Morgan fingerprint density at radius 3 is 2.27 bits per heavy atom. The summed E-state index contributed by atoms with van der Waals surface area (Å²) in [6, 6.07) is 0. The van der Waals surface area contributed by atoms with E-state index in [0.717, 1.165) is 0 Å². The van der Waals surface area contributed by atoms with Gasteiger partial charge in [0.15, 0.2) is 0 Å². The Morgan fingerprint density at radius 1 is 1.33 bits per heavy atom. The molecule has 0 aromatic heterocycles. The summed E-state index contributed by atoms with van der Waals surface area (Å²) in [6.45, 7) is 7.15. The third-order valence-corrected chi connectivity index (χ3v) is 1.96. The van der Waals surface area contributed by atoms with E-state index in [-0.39, 0.29) is 12.6 Å². The van der Waals surface area contributed by atoms with E-state index in [1.165, 1.54) is 0 Å². The Hall–Kier alpha value is -0.580. The molecule has 0 saturated carbocycles. The summed E-state index contributed by atoms with van der Waals surface area (Å²) in [4.78, 5) is 22.5. The highest BCUT2D eigenvalue weighted by Gasteiger charge is 2.27. The minimum atomic E-state index is -0.721. The van der Waals surface area contributed by atoms with Crippen LogP contribution in [0.4, 0.5) is 0 Å². The number of halogens is 1. The molecule has 0 spiro atoms. The molecule has 0 rings (SSSR count). The van der Waals surface area contributed by atoms with Gasteiger partial charge in [-0.2, -0.15) is 0 Å². The maximum absolute atomic E-state index is 11.3. The van der Waals surface area contributed by atoms with Crippen molar-refractivity contribution >= 4 is 27.9 Å². The van der Waals surface area contributed by atoms with Gasteiger partial charge in [0, 0.05) is 0 Å². The first-order valence-corrected chi connectivity index (χ1v) is 5.61. The maximum Gasteiger partial charge on any atom is 0.322 e. The average Bonchev–Trinajstić information content (AvgIpc) is 2.12. The molecule has 15 heavy (non-hydrogen) atoms. The third-order valence-electron chi connectivity index (χ3n) is 1.64. The quantitative estimate of drug-likeness (QED) is 0.570. The first kappa shape index (κ1) is 14.4. The van der Waals surface area contributed by atoms with Gasteiger partial charge in [0.2, 0.25) is 0 Å².